The summed E-state index contributed by atoms with van der Waals surface area (Å²) in [6.07, 6.45) is 0.859. The van der Waals surface area contributed by atoms with Crippen molar-refractivity contribution in [3.63, 3.8) is 0 Å². The third-order valence-electron chi connectivity index (χ3n) is 6.35. The Morgan fingerprint density at radius 3 is 1.51 bits per heavy atom. The molecule has 6 rings (SSSR count). The molecule has 1 heterocycles. The first kappa shape index (κ1) is 36.2. The van der Waals surface area contributed by atoms with Gasteiger partial charge in [-0.25, -0.2) is 4.99 Å². The maximum atomic E-state index is 9.79. The van der Waals surface area contributed by atoms with Gasteiger partial charge >= 0.3 is 35.0 Å². The number of halogens is 2. The zero-order chi connectivity index (χ0) is 28.7. The fraction of sp³-hybridized carbons (Fsp3) is 0.0857. The maximum absolute atomic E-state index is 9.79. The minimum atomic E-state index is -0.877. The van der Waals surface area contributed by atoms with Crippen LogP contribution in [0.4, 0.5) is 0 Å². The zero-order valence-electron chi connectivity index (χ0n) is 23.8. The maximum Gasteiger partial charge on any atom is 0.102 e. The van der Waals surface area contributed by atoms with Gasteiger partial charge in [0.1, 0.15) is 28.3 Å². The predicted octanol–water partition coefficient (Wildman–Crippen LogP) is 6.96. The Hall–Kier alpha value is -3.00. The Balaban J connectivity index is 0.000000264. The molecule has 43 heavy (non-hydrogen) atoms. The van der Waals surface area contributed by atoms with Gasteiger partial charge in [0.15, 0.2) is 0 Å². The van der Waals surface area contributed by atoms with Gasteiger partial charge in [0, 0.05) is 0 Å². The zero-order valence-corrected chi connectivity index (χ0v) is 29.0. The second-order valence-electron chi connectivity index (χ2n) is 9.13. The fourth-order valence-corrected chi connectivity index (χ4v) is 7.10. The summed E-state index contributed by atoms with van der Waals surface area (Å²) in [6, 6.07) is 50.0. The molecule has 5 aromatic carbocycles. The minimum Gasteiger partial charge on any atom is -0.0620 e. The summed E-state index contributed by atoms with van der Waals surface area (Å²) in [5.41, 5.74) is 1.91. The van der Waals surface area contributed by atoms with Gasteiger partial charge in [-0.05, 0) is 60.5 Å². The summed E-state index contributed by atoms with van der Waals surface area (Å²) in [5.74, 6) is 0.751. The Labute approximate surface area is 272 Å². The van der Waals surface area contributed by atoms with Gasteiger partial charge in [-0.3, -0.25) is 0 Å². The number of aliphatic imine (C=N–C) groups is 1. The summed E-state index contributed by atoms with van der Waals surface area (Å²) >= 11 is -0.722. The number of ether oxygens (including phenoxy) is 1. The third-order valence-corrected chi connectivity index (χ3v) is 9.08. The normalized spacial score (nSPS) is 13.0. The van der Waals surface area contributed by atoms with Crippen LogP contribution in [0.5, 0.6) is 5.75 Å². The van der Waals surface area contributed by atoms with Gasteiger partial charge in [-0.2, -0.15) is 0 Å². The number of phenols is 1. The number of phenolic OH excluding ortho intramolecular Hbond substituents is 1. The molecule has 5 aromatic rings. The Morgan fingerprint density at radius 2 is 1.07 bits per heavy atom. The van der Waals surface area contributed by atoms with Crippen molar-refractivity contribution in [1.29, 1.82) is 0 Å². The van der Waals surface area contributed by atoms with Crippen LogP contribution in [0, 0.1) is 7.43 Å². The molecular weight excluding hydrogens is 770 g/mol. The molecule has 1 atom stereocenters. The molecule has 4 nitrogen and oxygen atoms in total. The molecule has 0 aromatic heterocycles. The van der Waals surface area contributed by atoms with Gasteiger partial charge < -0.3 is 22.7 Å². The molecule has 0 radical (unpaired) electrons. The van der Waals surface area contributed by atoms with Crippen LogP contribution in [0.15, 0.2) is 151 Å². The van der Waals surface area contributed by atoms with Crippen LogP contribution >= 0.6 is 27.0 Å². The van der Waals surface area contributed by atoms with E-state index in [4.69, 9.17) is 23.8 Å². The summed E-state index contributed by atoms with van der Waals surface area (Å²) in [4.78, 5) is 4.55. The number of nitrogens with zero attached hydrogens (tertiary/aromatic N) is 1. The number of hydrogen-bond donors (Lipinski definition) is 1. The summed E-state index contributed by atoms with van der Waals surface area (Å²) in [6.45, 7) is 0.568. The van der Waals surface area contributed by atoms with Crippen LogP contribution in [-0.4, -0.2) is 29.1 Å². The van der Waals surface area contributed by atoms with Crippen LogP contribution in [0.2, 0.25) is 0 Å². The molecule has 225 valence electrons. The Bertz CT molecular complexity index is 1390. The standard InChI is InChI=1S/C18H15P.C16H15NO2.CH3.2ClH.H2O.Re/c1-4-10-16(11-5-1)19(17-12-6-2-7-13-17)18-14-8-3-9-15-18;18-15-9-5-4-8-14(15)16-17-13(11-19-16)10-12-6-2-1-3-7-12;;;;;/h1-15H;1-9,13,18H,10-11H2;1H3;2*1H;1H2;/q;;-1;;;;+2/p-1/t;13-;;;;;/m.0...../s1. The van der Waals surface area contributed by atoms with E-state index in [-0.39, 0.29) is 24.7 Å². The molecule has 0 saturated heterocycles. The first-order valence-corrected chi connectivity index (χ1v) is 21.4. The first-order chi connectivity index (χ1) is 20.2. The topological polar surface area (TPSA) is 73.3 Å². The molecular formula is C35H36Cl2NO3PRe. The van der Waals surface area contributed by atoms with Crippen LogP contribution in [0.25, 0.3) is 0 Å². The molecule has 1 aliphatic heterocycles. The second-order valence-corrected chi connectivity index (χ2v) is 15.5. The largest absolute Gasteiger partial charge is 0.102 e. The Kier molecular flexibility index (Phi) is 16.9. The predicted molar refractivity (Wildman–Crippen MR) is 183 cm³/mol. The number of aromatic hydroxyl groups is 1. The minimum absolute atomic E-state index is 0. The second kappa shape index (κ2) is 20.1. The van der Waals surface area contributed by atoms with Crippen molar-refractivity contribution >= 4 is 48.8 Å². The van der Waals surface area contributed by atoms with Crippen LogP contribution in [0.1, 0.15) is 11.1 Å². The van der Waals surface area contributed by atoms with Crippen molar-refractivity contribution in [3.8, 4) is 5.75 Å². The quantitative estimate of drug-likeness (QED) is 0.149. The van der Waals surface area contributed by atoms with Gasteiger partial charge in [0.05, 0.1) is 19.5 Å². The van der Waals surface area contributed by atoms with Crippen LogP contribution in [0.3, 0.4) is 0 Å². The fourth-order valence-electron chi connectivity index (χ4n) is 4.52. The van der Waals surface area contributed by atoms with Crippen LogP contribution in [-0.2, 0) is 27.1 Å². The average molecular weight is 807 g/mol. The van der Waals surface area contributed by atoms with Crippen molar-refractivity contribution in [2.24, 2.45) is 4.99 Å². The van der Waals surface area contributed by atoms with Gasteiger partial charge in [0.25, 0.3) is 0 Å². The van der Waals surface area contributed by atoms with Gasteiger partial charge in [-0.1, -0.05) is 97.1 Å². The van der Waals surface area contributed by atoms with Crippen LogP contribution < -0.4 is 15.9 Å². The van der Waals surface area contributed by atoms with Gasteiger partial charge in [0.2, 0.25) is 5.90 Å². The monoisotopic (exact) mass is 806 g/mol. The number of para-hydroxylation sites is 1. The van der Waals surface area contributed by atoms with E-state index < -0.39 is 23.9 Å². The molecule has 0 bridgehead atoms. The number of benzene rings is 5. The van der Waals surface area contributed by atoms with E-state index in [0.717, 1.165) is 6.42 Å². The molecule has 3 N–H and O–H groups in total. The van der Waals surface area contributed by atoms with Crippen molar-refractivity contribution in [2.45, 2.75) is 12.5 Å². The van der Waals surface area contributed by atoms with Gasteiger partial charge in [-0.15, -0.1) is 0 Å². The molecule has 0 aliphatic carbocycles. The van der Waals surface area contributed by atoms with Crippen molar-refractivity contribution < 1.29 is 31.3 Å². The smallest absolute Gasteiger partial charge is 0.0620 e. The van der Waals surface area contributed by atoms with Crippen molar-refractivity contribution in [3.05, 3.63) is 164 Å². The number of hydrogen-bond acceptors (Lipinski definition) is 3. The van der Waals surface area contributed by atoms with E-state index >= 15 is 0 Å². The van der Waals surface area contributed by atoms with Crippen molar-refractivity contribution in [2.75, 3.05) is 6.61 Å². The SMILES string of the molecule is O.Oc1ccccc1C1=N[C@@H](Cc2ccccc2)CO1.[CH3-].[Cl][Re][Cl].c1ccc([PH+](c2ccccc2)c2ccccc2)cc1. The molecule has 0 spiro atoms. The molecule has 0 fully saturated rings. The number of rotatable bonds is 6. The van der Waals surface area contributed by atoms with E-state index in [1.807, 2.05) is 30.3 Å². The van der Waals surface area contributed by atoms with E-state index in [1.54, 1.807) is 12.1 Å². The molecule has 1 aliphatic rings. The van der Waals surface area contributed by atoms with E-state index in [2.05, 4.69) is 108 Å². The molecule has 8 heteroatoms. The van der Waals surface area contributed by atoms with Crippen molar-refractivity contribution in [1.82, 2.24) is 0 Å². The third kappa shape index (κ3) is 11.2. The summed E-state index contributed by atoms with van der Waals surface area (Å²) in [5, 5.41) is 14.1. The van der Waals surface area contributed by atoms with E-state index in [9.17, 15) is 5.11 Å². The van der Waals surface area contributed by atoms with E-state index in [1.165, 1.54) is 21.5 Å². The molecule has 0 saturated carbocycles. The molecule has 0 unspecified atom stereocenters. The average Bonchev–Trinajstić information content (AvgIpc) is 3.48. The summed E-state index contributed by atoms with van der Waals surface area (Å²) < 4.78 is 5.59. The Morgan fingerprint density at radius 1 is 0.674 bits per heavy atom. The summed E-state index contributed by atoms with van der Waals surface area (Å²) in [7, 11) is 8.96. The van der Waals surface area contributed by atoms with E-state index in [0.29, 0.717) is 18.1 Å². The first-order valence-electron chi connectivity index (χ1n) is 13.1. The molecule has 0 amide bonds.